The molecule has 1 aliphatic rings. The molecule has 2 aromatic rings. The minimum atomic E-state index is -0.455. The Morgan fingerprint density at radius 1 is 1.24 bits per heavy atom. The fourth-order valence-corrected chi connectivity index (χ4v) is 3.42. The maximum atomic E-state index is 13.3. The van der Waals surface area contributed by atoms with Crippen LogP contribution in [0.4, 0.5) is 10.2 Å². The Morgan fingerprint density at radius 2 is 2.10 bits per heavy atom. The summed E-state index contributed by atoms with van der Waals surface area (Å²) in [5.74, 6) is -0.146. The molecule has 0 spiro atoms. The third-order valence-electron chi connectivity index (χ3n) is 4.90. The maximum Gasteiger partial charge on any atom is 0.252 e. The second-order valence-electron chi connectivity index (χ2n) is 7.06. The lowest BCUT2D eigenvalue weighted by Crippen LogP contribution is -2.42. The van der Waals surface area contributed by atoms with Gasteiger partial charge in [-0.3, -0.25) is 14.9 Å². The number of anilines is 1. The number of nitrogens with zero attached hydrogens (tertiary/aromatic N) is 2. The van der Waals surface area contributed by atoms with Crippen molar-refractivity contribution >= 4 is 17.6 Å². The Hall–Kier alpha value is -3.00. The van der Waals surface area contributed by atoms with Crippen molar-refractivity contribution in [2.45, 2.75) is 31.8 Å². The van der Waals surface area contributed by atoms with Crippen LogP contribution in [-0.2, 0) is 11.2 Å². The lowest BCUT2D eigenvalue weighted by atomic mass is 10.1. The fraction of sp³-hybridized carbons (Fsp3) is 0.381. The number of halogens is 1. The summed E-state index contributed by atoms with van der Waals surface area (Å²) in [6.45, 7) is 1.83. The lowest BCUT2D eigenvalue weighted by molar-refractivity contribution is -0.117. The van der Waals surface area contributed by atoms with Crippen LogP contribution in [0.3, 0.4) is 0 Å². The Labute approximate surface area is 169 Å². The van der Waals surface area contributed by atoms with E-state index in [-0.39, 0.29) is 30.9 Å². The largest absolute Gasteiger partial charge is 0.370 e. The highest BCUT2D eigenvalue weighted by Gasteiger charge is 2.25. The molecular formula is C21H26FN5O2. The van der Waals surface area contributed by atoms with Crippen molar-refractivity contribution in [1.82, 2.24) is 15.6 Å². The van der Waals surface area contributed by atoms with E-state index in [0.29, 0.717) is 5.56 Å². The van der Waals surface area contributed by atoms with Crippen LogP contribution >= 0.6 is 0 Å². The van der Waals surface area contributed by atoms with Gasteiger partial charge in [0.25, 0.3) is 5.91 Å². The number of hydrogen-bond acceptors (Lipinski definition) is 5. The highest BCUT2D eigenvalue weighted by molar-refractivity contribution is 5.94. The summed E-state index contributed by atoms with van der Waals surface area (Å²) in [5.41, 5.74) is 6.47. The van der Waals surface area contributed by atoms with Crippen LogP contribution in [0, 0.1) is 5.82 Å². The molecule has 154 valence electrons. The second kappa shape index (κ2) is 9.97. The van der Waals surface area contributed by atoms with E-state index in [4.69, 9.17) is 5.73 Å². The van der Waals surface area contributed by atoms with Gasteiger partial charge in [0.1, 0.15) is 11.6 Å². The lowest BCUT2D eigenvalue weighted by Gasteiger charge is -2.26. The summed E-state index contributed by atoms with van der Waals surface area (Å²) in [6.07, 6.45) is 4.60. The maximum absolute atomic E-state index is 13.3. The topological polar surface area (TPSA) is 100 Å². The van der Waals surface area contributed by atoms with Crippen LogP contribution in [0.25, 0.3) is 0 Å². The Balaban J connectivity index is 1.52. The molecule has 0 aliphatic carbocycles. The summed E-state index contributed by atoms with van der Waals surface area (Å²) in [7, 11) is 0. The first-order valence-electron chi connectivity index (χ1n) is 9.80. The Morgan fingerprint density at radius 3 is 2.83 bits per heavy atom. The quantitative estimate of drug-likeness (QED) is 0.595. The summed E-state index contributed by atoms with van der Waals surface area (Å²) in [4.78, 5) is 29.4. The molecule has 1 saturated heterocycles. The molecule has 1 atom stereocenters. The molecule has 1 aromatic carbocycles. The fourth-order valence-electron chi connectivity index (χ4n) is 3.42. The second-order valence-corrected chi connectivity index (χ2v) is 7.06. The molecule has 8 heteroatoms. The molecule has 4 N–H and O–H groups in total. The van der Waals surface area contributed by atoms with Crippen molar-refractivity contribution in [2.75, 3.05) is 24.5 Å². The van der Waals surface area contributed by atoms with Crippen molar-refractivity contribution in [3.8, 4) is 0 Å². The van der Waals surface area contributed by atoms with Gasteiger partial charge in [0.05, 0.1) is 11.7 Å². The average Bonchev–Trinajstić information content (AvgIpc) is 3.16. The zero-order valence-corrected chi connectivity index (χ0v) is 16.2. The average molecular weight is 399 g/mol. The van der Waals surface area contributed by atoms with Gasteiger partial charge in [0.15, 0.2) is 0 Å². The first-order chi connectivity index (χ1) is 14.0. The van der Waals surface area contributed by atoms with Gasteiger partial charge >= 0.3 is 0 Å². The molecule has 3 rings (SSSR count). The number of primary amides is 1. The standard InChI is InChI=1S/C21H26FN5O2/c22-17-4-1-3-15(13-17)8-10-24-19-5-2-12-27(19)20-7-6-16(14-26-20)21(29)25-11-9-18(23)28/h1,3-4,6-7,13-14,19,24H,2,5,8-12H2,(H2,23,28)(H,25,29). The van der Waals surface area contributed by atoms with E-state index < -0.39 is 5.91 Å². The summed E-state index contributed by atoms with van der Waals surface area (Å²) in [5, 5.41) is 6.16. The zero-order chi connectivity index (χ0) is 20.6. The van der Waals surface area contributed by atoms with Crippen molar-refractivity contribution < 1.29 is 14.0 Å². The van der Waals surface area contributed by atoms with Gasteiger partial charge in [-0.2, -0.15) is 0 Å². The van der Waals surface area contributed by atoms with Gasteiger partial charge in [-0.15, -0.1) is 0 Å². The minimum Gasteiger partial charge on any atom is -0.370 e. The predicted molar refractivity (Wildman–Crippen MR) is 109 cm³/mol. The SMILES string of the molecule is NC(=O)CCNC(=O)c1ccc(N2CCCC2NCCc2cccc(F)c2)nc1. The number of carbonyl (C=O) groups excluding carboxylic acids is 2. The van der Waals surface area contributed by atoms with Gasteiger partial charge in [-0.25, -0.2) is 9.37 Å². The number of hydrogen-bond donors (Lipinski definition) is 3. The molecule has 1 unspecified atom stereocenters. The molecule has 1 aromatic heterocycles. The summed E-state index contributed by atoms with van der Waals surface area (Å²) in [6, 6.07) is 10.2. The number of amides is 2. The van der Waals surface area contributed by atoms with Crippen LogP contribution in [0.2, 0.25) is 0 Å². The number of pyridine rings is 1. The normalized spacial score (nSPS) is 16.0. The molecule has 29 heavy (non-hydrogen) atoms. The van der Waals surface area contributed by atoms with Crippen molar-refractivity contribution in [2.24, 2.45) is 5.73 Å². The van der Waals surface area contributed by atoms with E-state index in [9.17, 15) is 14.0 Å². The molecule has 2 heterocycles. The van der Waals surface area contributed by atoms with Crippen molar-refractivity contribution in [3.63, 3.8) is 0 Å². The van der Waals surface area contributed by atoms with E-state index in [1.54, 1.807) is 18.2 Å². The van der Waals surface area contributed by atoms with Crippen LogP contribution in [0.5, 0.6) is 0 Å². The van der Waals surface area contributed by atoms with Gasteiger partial charge < -0.3 is 16.0 Å². The molecule has 1 aliphatic heterocycles. The van der Waals surface area contributed by atoms with Gasteiger partial charge in [0.2, 0.25) is 5.91 Å². The van der Waals surface area contributed by atoms with E-state index in [0.717, 1.165) is 43.7 Å². The number of carbonyl (C=O) groups is 2. The molecule has 0 bridgehead atoms. The van der Waals surface area contributed by atoms with E-state index in [1.165, 1.54) is 12.3 Å². The summed E-state index contributed by atoms with van der Waals surface area (Å²) < 4.78 is 13.3. The van der Waals surface area contributed by atoms with Crippen molar-refractivity contribution in [3.05, 3.63) is 59.5 Å². The summed E-state index contributed by atoms with van der Waals surface area (Å²) >= 11 is 0. The third kappa shape index (κ3) is 5.99. The molecule has 1 fully saturated rings. The minimum absolute atomic E-state index is 0.105. The number of aromatic nitrogens is 1. The Bertz CT molecular complexity index is 843. The smallest absolute Gasteiger partial charge is 0.252 e. The van der Waals surface area contributed by atoms with Crippen molar-refractivity contribution in [1.29, 1.82) is 0 Å². The highest BCUT2D eigenvalue weighted by atomic mass is 19.1. The first kappa shape index (κ1) is 20.7. The molecular weight excluding hydrogens is 373 g/mol. The zero-order valence-electron chi connectivity index (χ0n) is 16.2. The number of nitrogens with two attached hydrogens (primary N) is 1. The number of rotatable bonds is 9. The van der Waals surface area contributed by atoms with Crippen LogP contribution in [0.15, 0.2) is 42.6 Å². The van der Waals surface area contributed by atoms with E-state index >= 15 is 0 Å². The monoisotopic (exact) mass is 399 g/mol. The molecule has 7 nitrogen and oxygen atoms in total. The van der Waals surface area contributed by atoms with Crippen LogP contribution in [-0.4, -0.2) is 42.6 Å². The molecule has 2 amide bonds. The number of benzene rings is 1. The van der Waals surface area contributed by atoms with Crippen LogP contribution < -0.4 is 21.3 Å². The van der Waals surface area contributed by atoms with E-state index in [2.05, 4.69) is 20.5 Å². The molecule has 0 radical (unpaired) electrons. The van der Waals surface area contributed by atoms with Crippen LogP contribution in [0.1, 0.15) is 35.2 Å². The third-order valence-corrected chi connectivity index (χ3v) is 4.90. The molecule has 0 saturated carbocycles. The van der Waals surface area contributed by atoms with Gasteiger partial charge in [0, 0.05) is 32.3 Å². The first-order valence-corrected chi connectivity index (χ1v) is 9.80. The highest BCUT2D eigenvalue weighted by Crippen LogP contribution is 2.22. The predicted octanol–water partition coefficient (Wildman–Crippen LogP) is 1.58. The van der Waals surface area contributed by atoms with Gasteiger partial charge in [-0.1, -0.05) is 12.1 Å². The van der Waals surface area contributed by atoms with E-state index in [1.807, 2.05) is 12.1 Å². The Kier molecular flexibility index (Phi) is 7.13. The van der Waals surface area contributed by atoms with Gasteiger partial charge in [-0.05, 0) is 49.1 Å². The number of nitrogens with one attached hydrogen (secondary N) is 2.